The zero-order chi connectivity index (χ0) is 24.4. The summed E-state index contributed by atoms with van der Waals surface area (Å²) in [6.07, 6.45) is 1.61. The number of benzene rings is 2. The number of carbonyl (C=O) groups is 1. The molecule has 0 aliphatic carbocycles. The summed E-state index contributed by atoms with van der Waals surface area (Å²) in [5.74, 6) is 1.10. The van der Waals surface area contributed by atoms with Gasteiger partial charge in [0.05, 0.1) is 22.5 Å². The van der Waals surface area contributed by atoms with Crippen LogP contribution in [0.2, 0.25) is 0 Å². The number of hydrogen-bond acceptors (Lipinski definition) is 5. The van der Waals surface area contributed by atoms with E-state index >= 15 is 0 Å². The predicted molar refractivity (Wildman–Crippen MR) is 139 cm³/mol. The van der Waals surface area contributed by atoms with Crippen LogP contribution in [0.25, 0.3) is 16.6 Å². The van der Waals surface area contributed by atoms with E-state index in [1.54, 1.807) is 0 Å². The number of nitrogens with zero attached hydrogens (tertiary/aromatic N) is 6. The molecule has 0 spiro atoms. The van der Waals surface area contributed by atoms with Crippen LogP contribution in [0.3, 0.4) is 0 Å². The van der Waals surface area contributed by atoms with E-state index in [0.29, 0.717) is 13.1 Å². The first-order valence-corrected chi connectivity index (χ1v) is 12.4. The van der Waals surface area contributed by atoms with E-state index in [1.807, 2.05) is 52.9 Å². The molecule has 4 aromatic rings. The zero-order valence-corrected chi connectivity index (χ0v) is 20.7. The lowest BCUT2D eigenvalue weighted by Crippen LogP contribution is -2.42. The minimum absolute atomic E-state index is 0.0347. The van der Waals surface area contributed by atoms with Crippen LogP contribution in [0.4, 0.5) is 5.82 Å². The Morgan fingerprint density at radius 1 is 0.971 bits per heavy atom. The van der Waals surface area contributed by atoms with Crippen LogP contribution < -0.4 is 4.90 Å². The smallest absolute Gasteiger partial charge is 0.226 e. The Labute approximate surface area is 206 Å². The van der Waals surface area contributed by atoms with Gasteiger partial charge in [-0.3, -0.25) is 4.79 Å². The second-order valence-electron chi connectivity index (χ2n) is 9.26. The van der Waals surface area contributed by atoms with Crippen molar-refractivity contribution in [2.24, 2.45) is 5.92 Å². The predicted octanol–water partition coefficient (Wildman–Crippen LogP) is 4.70. The molecule has 2 aromatic heterocycles. The largest absolute Gasteiger partial charge is 0.353 e. The van der Waals surface area contributed by atoms with Gasteiger partial charge >= 0.3 is 0 Å². The lowest BCUT2D eigenvalue weighted by molar-refractivity contribution is -0.136. The molecule has 1 aliphatic heterocycles. The lowest BCUT2D eigenvalue weighted by Gasteiger charge is -2.34. The fourth-order valence-electron chi connectivity index (χ4n) is 5.09. The van der Waals surface area contributed by atoms with Crippen LogP contribution in [0, 0.1) is 19.8 Å². The number of hydrogen-bond donors (Lipinski definition) is 0. The van der Waals surface area contributed by atoms with Gasteiger partial charge in [-0.05, 0) is 51.3 Å². The molecule has 0 atom stereocenters. The zero-order valence-electron chi connectivity index (χ0n) is 20.7. The number of anilines is 1. The summed E-state index contributed by atoms with van der Waals surface area (Å²) in [5.41, 5.74) is 5.01. The lowest BCUT2D eigenvalue weighted by atomic mass is 9.95. The van der Waals surface area contributed by atoms with E-state index in [2.05, 4.69) is 53.2 Å². The number of amides is 1. The standard InChI is InChI=1S/C28H32N6O/c1-4-32(19-22-11-7-5-8-12-22)28(35)23-15-17-33(18-16-23)27-26-25(20(2)29-30-27)21(3)34(31-26)24-13-9-6-10-14-24/h5-14,23H,4,15-19H2,1-3H3. The van der Waals surface area contributed by atoms with Gasteiger partial charge in [0.1, 0.15) is 5.52 Å². The molecule has 0 unspecified atom stereocenters. The number of rotatable bonds is 6. The first-order chi connectivity index (χ1) is 17.1. The monoisotopic (exact) mass is 468 g/mol. The minimum Gasteiger partial charge on any atom is -0.353 e. The van der Waals surface area contributed by atoms with E-state index in [-0.39, 0.29) is 11.8 Å². The highest BCUT2D eigenvalue weighted by molar-refractivity contribution is 5.92. The second kappa shape index (κ2) is 9.86. The van der Waals surface area contributed by atoms with Crippen LogP contribution in [0.15, 0.2) is 60.7 Å². The average molecular weight is 469 g/mol. The van der Waals surface area contributed by atoms with Gasteiger partial charge in [0.15, 0.2) is 5.82 Å². The molecule has 35 heavy (non-hydrogen) atoms. The average Bonchev–Trinajstić information content (AvgIpc) is 3.26. The molecule has 0 saturated carbocycles. The topological polar surface area (TPSA) is 67.2 Å². The highest BCUT2D eigenvalue weighted by Gasteiger charge is 2.30. The molecule has 0 N–H and O–H groups in total. The van der Waals surface area contributed by atoms with Crippen molar-refractivity contribution in [3.05, 3.63) is 77.6 Å². The molecule has 1 saturated heterocycles. The number of fused-ring (bicyclic) bond motifs is 1. The normalized spacial score (nSPS) is 14.4. The van der Waals surface area contributed by atoms with Crippen molar-refractivity contribution < 1.29 is 4.79 Å². The van der Waals surface area contributed by atoms with Crippen molar-refractivity contribution in [3.8, 4) is 5.69 Å². The molecular weight excluding hydrogens is 436 g/mol. The van der Waals surface area contributed by atoms with Crippen molar-refractivity contribution in [3.63, 3.8) is 0 Å². The molecule has 0 radical (unpaired) electrons. The summed E-state index contributed by atoms with van der Waals surface area (Å²) in [5, 5.41) is 15.0. The van der Waals surface area contributed by atoms with Gasteiger partial charge in [-0.2, -0.15) is 10.2 Å². The molecule has 180 valence electrons. The van der Waals surface area contributed by atoms with Crippen molar-refractivity contribution in [2.75, 3.05) is 24.5 Å². The number of carbonyl (C=O) groups excluding carboxylic acids is 1. The Balaban J connectivity index is 1.34. The van der Waals surface area contributed by atoms with Gasteiger partial charge < -0.3 is 9.80 Å². The summed E-state index contributed by atoms with van der Waals surface area (Å²) in [7, 11) is 0. The maximum Gasteiger partial charge on any atom is 0.226 e. The number of para-hydroxylation sites is 1. The van der Waals surface area contributed by atoms with Crippen molar-refractivity contribution in [2.45, 2.75) is 40.2 Å². The van der Waals surface area contributed by atoms with Gasteiger partial charge in [-0.1, -0.05) is 48.5 Å². The molecule has 5 rings (SSSR count). The SMILES string of the molecule is CCN(Cc1ccccc1)C(=O)C1CCN(c2nnc(C)c3c(C)n(-c4ccccc4)nc23)CC1. The van der Waals surface area contributed by atoms with E-state index < -0.39 is 0 Å². The Hall–Kier alpha value is -3.74. The summed E-state index contributed by atoms with van der Waals surface area (Å²) in [4.78, 5) is 17.5. The summed E-state index contributed by atoms with van der Waals surface area (Å²) in [6.45, 7) is 9.04. The van der Waals surface area contributed by atoms with E-state index in [4.69, 9.17) is 5.10 Å². The van der Waals surface area contributed by atoms with Gasteiger partial charge in [-0.25, -0.2) is 4.68 Å². The molecule has 0 bridgehead atoms. The Morgan fingerprint density at radius 2 is 1.63 bits per heavy atom. The fraction of sp³-hybridized carbons (Fsp3) is 0.357. The third-order valence-corrected chi connectivity index (χ3v) is 7.04. The first-order valence-electron chi connectivity index (χ1n) is 12.4. The van der Waals surface area contributed by atoms with Crippen LogP contribution >= 0.6 is 0 Å². The third-order valence-electron chi connectivity index (χ3n) is 7.04. The molecule has 1 fully saturated rings. The number of aryl methyl sites for hydroxylation is 2. The summed E-state index contributed by atoms with van der Waals surface area (Å²) in [6, 6.07) is 20.4. The highest BCUT2D eigenvalue weighted by Crippen LogP contribution is 2.32. The van der Waals surface area contributed by atoms with Crippen molar-refractivity contribution in [1.82, 2.24) is 24.9 Å². The quantitative estimate of drug-likeness (QED) is 0.410. The fourth-order valence-corrected chi connectivity index (χ4v) is 5.09. The van der Waals surface area contributed by atoms with Gasteiger partial charge in [0.25, 0.3) is 0 Å². The molecule has 3 heterocycles. The van der Waals surface area contributed by atoms with Gasteiger partial charge in [0.2, 0.25) is 5.91 Å². The molecule has 1 amide bonds. The maximum atomic E-state index is 13.3. The molecular formula is C28H32N6O. The minimum atomic E-state index is 0.0347. The highest BCUT2D eigenvalue weighted by atomic mass is 16.2. The number of piperidine rings is 1. The van der Waals surface area contributed by atoms with Crippen molar-refractivity contribution in [1.29, 1.82) is 0 Å². The van der Waals surface area contributed by atoms with Crippen molar-refractivity contribution >= 4 is 22.6 Å². The van der Waals surface area contributed by atoms with Gasteiger partial charge in [-0.15, -0.1) is 5.10 Å². The Morgan fingerprint density at radius 3 is 2.29 bits per heavy atom. The van der Waals surface area contributed by atoms with Gasteiger partial charge in [0, 0.05) is 32.1 Å². The van der Waals surface area contributed by atoms with E-state index in [9.17, 15) is 4.79 Å². The molecule has 7 heteroatoms. The van der Waals surface area contributed by atoms with Crippen LogP contribution in [-0.4, -0.2) is 50.4 Å². The second-order valence-corrected chi connectivity index (χ2v) is 9.26. The van der Waals surface area contributed by atoms with Crippen LogP contribution in [-0.2, 0) is 11.3 Å². The molecule has 1 aliphatic rings. The van der Waals surface area contributed by atoms with E-state index in [1.165, 1.54) is 5.56 Å². The third kappa shape index (κ3) is 4.50. The van der Waals surface area contributed by atoms with Crippen LogP contribution in [0.5, 0.6) is 0 Å². The Bertz CT molecular complexity index is 1310. The maximum absolute atomic E-state index is 13.3. The number of aromatic nitrogens is 4. The summed E-state index contributed by atoms with van der Waals surface area (Å²) < 4.78 is 1.98. The summed E-state index contributed by atoms with van der Waals surface area (Å²) >= 11 is 0. The molecule has 2 aromatic carbocycles. The Kier molecular flexibility index (Phi) is 6.49. The van der Waals surface area contributed by atoms with Crippen LogP contribution in [0.1, 0.15) is 36.7 Å². The first kappa shape index (κ1) is 23.0. The molecule has 7 nitrogen and oxygen atoms in total. The van der Waals surface area contributed by atoms with E-state index in [0.717, 1.165) is 59.7 Å².